The van der Waals surface area contributed by atoms with Crippen LogP contribution in [0.1, 0.15) is 18.1 Å². The van der Waals surface area contributed by atoms with Gasteiger partial charge in [-0.05, 0) is 41.8 Å². The van der Waals surface area contributed by atoms with Gasteiger partial charge in [-0.2, -0.15) is 0 Å². The van der Waals surface area contributed by atoms with E-state index in [4.69, 9.17) is 25.8 Å². The Bertz CT molecular complexity index is 731. The van der Waals surface area contributed by atoms with Gasteiger partial charge in [0.15, 0.2) is 11.5 Å². The number of halogens is 1. The Balaban J connectivity index is 1.96. The third-order valence-corrected chi connectivity index (χ3v) is 3.93. The molecule has 0 amide bonds. The van der Waals surface area contributed by atoms with Crippen molar-refractivity contribution in [1.82, 2.24) is 5.32 Å². The van der Waals surface area contributed by atoms with Crippen molar-refractivity contribution < 1.29 is 14.2 Å². The molecule has 0 saturated carbocycles. The average Bonchev–Trinajstić information content (AvgIpc) is 2.61. The van der Waals surface area contributed by atoms with Gasteiger partial charge in [0.05, 0.1) is 14.2 Å². The fourth-order valence-corrected chi connectivity index (χ4v) is 2.55. The van der Waals surface area contributed by atoms with Crippen molar-refractivity contribution in [2.45, 2.75) is 20.0 Å². The second-order valence-corrected chi connectivity index (χ2v) is 6.20. The van der Waals surface area contributed by atoms with Crippen LogP contribution in [0.25, 0.3) is 0 Å². The molecule has 4 nitrogen and oxygen atoms in total. The van der Waals surface area contributed by atoms with E-state index >= 15 is 0 Å². The molecule has 0 unspecified atom stereocenters. The summed E-state index contributed by atoms with van der Waals surface area (Å²) < 4.78 is 16.2. The second-order valence-electron chi connectivity index (χ2n) is 5.80. The molecule has 0 aliphatic carbocycles. The highest BCUT2D eigenvalue weighted by Gasteiger charge is 2.09. The van der Waals surface area contributed by atoms with Crippen LogP contribution in [0.15, 0.2) is 48.6 Å². The van der Waals surface area contributed by atoms with E-state index in [1.807, 2.05) is 31.2 Å². The Morgan fingerprint density at radius 2 is 1.80 bits per heavy atom. The molecule has 25 heavy (non-hydrogen) atoms. The molecule has 0 aliphatic rings. The molecule has 0 bridgehead atoms. The number of hydrogen-bond acceptors (Lipinski definition) is 4. The molecule has 0 fully saturated rings. The lowest BCUT2D eigenvalue weighted by Gasteiger charge is -2.13. The molecule has 2 aromatic carbocycles. The zero-order valence-electron chi connectivity index (χ0n) is 14.9. The predicted octanol–water partition coefficient (Wildman–Crippen LogP) is 4.60. The Morgan fingerprint density at radius 1 is 1.08 bits per heavy atom. The first-order valence-electron chi connectivity index (χ1n) is 8.00. The number of nitrogens with one attached hydrogen (secondary N) is 1. The highest BCUT2D eigenvalue weighted by atomic mass is 35.5. The lowest BCUT2D eigenvalue weighted by molar-refractivity contribution is 0.352. The molecule has 2 aromatic rings. The van der Waals surface area contributed by atoms with Crippen molar-refractivity contribution in [3.05, 3.63) is 64.7 Å². The van der Waals surface area contributed by atoms with E-state index in [0.29, 0.717) is 36.2 Å². The van der Waals surface area contributed by atoms with Crippen molar-refractivity contribution in [3.63, 3.8) is 0 Å². The van der Waals surface area contributed by atoms with Gasteiger partial charge in [-0.15, -0.1) is 0 Å². The fraction of sp³-hybridized carbons (Fsp3) is 0.300. The fourth-order valence-electron chi connectivity index (χ4n) is 2.33. The summed E-state index contributed by atoms with van der Waals surface area (Å²) in [6.45, 7) is 7.63. The Kier molecular flexibility index (Phi) is 7.16. The van der Waals surface area contributed by atoms with Crippen molar-refractivity contribution in [3.8, 4) is 17.2 Å². The van der Waals surface area contributed by atoms with Gasteiger partial charge in [-0.25, -0.2) is 0 Å². The number of rotatable bonds is 9. The first-order chi connectivity index (χ1) is 12.0. The molecule has 2 rings (SSSR count). The van der Waals surface area contributed by atoms with E-state index in [9.17, 15) is 0 Å². The summed E-state index contributed by atoms with van der Waals surface area (Å²) in [6.07, 6.45) is 0. The van der Waals surface area contributed by atoms with Crippen LogP contribution in [-0.4, -0.2) is 20.8 Å². The Morgan fingerprint density at radius 3 is 2.48 bits per heavy atom. The first-order valence-corrected chi connectivity index (χ1v) is 8.38. The third kappa shape index (κ3) is 5.69. The van der Waals surface area contributed by atoms with Gasteiger partial charge in [0.1, 0.15) is 12.4 Å². The third-order valence-electron chi connectivity index (χ3n) is 3.58. The maximum atomic E-state index is 6.31. The monoisotopic (exact) mass is 361 g/mol. The standard InChI is InChI=1S/C20H24ClNO3/c1-14(2)13-25-17-7-5-6-15(8-17)11-22-12-16-9-19(23-3)20(24-4)10-18(16)21/h5-10,22H,1,11-13H2,2-4H3. The summed E-state index contributed by atoms with van der Waals surface area (Å²) in [5, 5.41) is 4.03. The lowest BCUT2D eigenvalue weighted by Crippen LogP contribution is -2.13. The maximum absolute atomic E-state index is 6.31. The highest BCUT2D eigenvalue weighted by Crippen LogP contribution is 2.33. The zero-order valence-corrected chi connectivity index (χ0v) is 15.7. The van der Waals surface area contributed by atoms with E-state index < -0.39 is 0 Å². The van der Waals surface area contributed by atoms with Gasteiger partial charge < -0.3 is 19.5 Å². The molecule has 134 valence electrons. The number of benzene rings is 2. The molecule has 1 N–H and O–H groups in total. The van der Waals surface area contributed by atoms with Gasteiger partial charge in [0.2, 0.25) is 0 Å². The van der Waals surface area contributed by atoms with E-state index in [1.165, 1.54) is 0 Å². The van der Waals surface area contributed by atoms with Crippen molar-refractivity contribution in [2.24, 2.45) is 0 Å². The smallest absolute Gasteiger partial charge is 0.162 e. The molecule has 0 spiro atoms. The van der Waals surface area contributed by atoms with E-state index in [0.717, 1.165) is 22.4 Å². The molecule has 0 atom stereocenters. The van der Waals surface area contributed by atoms with Crippen LogP contribution in [0.4, 0.5) is 0 Å². The minimum absolute atomic E-state index is 0.526. The Hall–Kier alpha value is -2.17. The Labute approximate surface area is 154 Å². The number of methoxy groups -OCH3 is 2. The molecular formula is C20H24ClNO3. The van der Waals surface area contributed by atoms with Crippen LogP contribution in [0.2, 0.25) is 5.02 Å². The normalized spacial score (nSPS) is 10.4. The van der Waals surface area contributed by atoms with Gasteiger partial charge in [-0.1, -0.05) is 30.3 Å². The minimum atomic E-state index is 0.526. The largest absolute Gasteiger partial charge is 0.493 e. The maximum Gasteiger partial charge on any atom is 0.162 e. The lowest BCUT2D eigenvalue weighted by atomic mass is 10.1. The van der Waals surface area contributed by atoms with Gasteiger partial charge in [0.25, 0.3) is 0 Å². The summed E-state index contributed by atoms with van der Waals surface area (Å²) in [5.41, 5.74) is 3.08. The van der Waals surface area contributed by atoms with Crippen LogP contribution in [0.3, 0.4) is 0 Å². The summed E-state index contributed by atoms with van der Waals surface area (Å²) in [7, 11) is 3.20. The van der Waals surface area contributed by atoms with Crippen molar-refractivity contribution >= 4 is 11.6 Å². The number of ether oxygens (including phenoxy) is 3. The molecule has 0 saturated heterocycles. The molecule has 5 heteroatoms. The van der Waals surface area contributed by atoms with Crippen molar-refractivity contribution in [1.29, 1.82) is 0 Å². The predicted molar refractivity (Wildman–Crippen MR) is 102 cm³/mol. The van der Waals surface area contributed by atoms with Gasteiger partial charge in [-0.3, -0.25) is 0 Å². The van der Waals surface area contributed by atoms with Gasteiger partial charge >= 0.3 is 0 Å². The molecule has 0 heterocycles. The van der Waals surface area contributed by atoms with Gasteiger partial charge in [0, 0.05) is 24.2 Å². The molecular weight excluding hydrogens is 338 g/mol. The highest BCUT2D eigenvalue weighted by molar-refractivity contribution is 6.31. The van der Waals surface area contributed by atoms with Crippen LogP contribution in [-0.2, 0) is 13.1 Å². The topological polar surface area (TPSA) is 39.7 Å². The zero-order chi connectivity index (χ0) is 18.2. The molecule has 0 aliphatic heterocycles. The van der Waals surface area contributed by atoms with Crippen molar-refractivity contribution in [2.75, 3.05) is 20.8 Å². The molecule has 0 radical (unpaired) electrons. The summed E-state index contributed by atoms with van der Waals surface area (Å²) >= 11 is 6.31. The summed E-state index contributed by atoms with van der Waals surface area (Å²) in [4.78, 5) is 0. The first kappa shape index (κ1) is 19.2. The van der Waals surface area contributed by atoms with E-state index in [-0.39, 0.29) is 0 Å². The van der Waals surface area contributed by atoms with Crippen LogP contribution in [0, 0.1) is 0 Å². The minimum Gasteiger partial charge on any atom is -0.493 e. The van der Waals surface area contributed by atoms with E-state index in [2.05, 4.69) is 18.0 Å². The average molecular weight is 362 g/mol. The summed E-state index contributed by atoms with van der Waals surface area (Å²) in [6, 6.07) is 11.7. The van der Waals surface area contributed by atoms with Crippen LogP contribution in [0.5, 0.6) is 17.2 Å². The number of hydrogen-bond donors (Lipinski definition) is 1. The molecule has 0 aromatic heterocycles. The van der Waals surface area contributed by atoms with E-state index in [1.54, 1.807) is 20.3 Å². The van der Waals surface area contributed by atoms with Crippen LogP contribution < -0.4 is 19.5 Å². The van der Waals surface area contributed by atoms with Crippen LogP contribution >= 0.6 is 11.6 Å². The SMILES string of the molecule is C=C(C)COc1cccc(CNCc2cc(OC)c(OC)cc2Cl)c1. The quantitative estimate of drug-likeness (QED) is 0.662. The second kappa shape index (κ2) is 9.35. The summed E-state index contributed by atoms with van der Waals surface area (Å²) in [5.74, 6) is 2.13.